The molecule has 0 radical (unpaired) electrons. The molecule has 0 amide bonds. The van der Waals surface area contributed by atoms with Crippen molar-refractivity contribution >= 4 is 11.6 Å². The van der Waals surface area contributed by atoms with E-state index < -0.39 is 11.6 Å². The van der Waals surface area contributed by atoms with E-state index in [1.807, 2.05) is 25.1 Å². The third-order valence-electron chi connectivity index (χ3n) is 6.60. The molecular weight excluding hydrogens is 455 g/mol. The second-order valence-electron chi connectivity index (χ2n) is 8.90. The fraction of sp³-hybridized carbons (Fsp3) is 0.346. The van der Waals surface area contributed by atoms with Gasteiger partial charge < -0.3 is 9.47 Å². The molecular formula is C26H24ClFN4O2. The Kier molecular flexibility index (Phi) is 5.88. The number of nitriles is 1. The Morgan fingerprint density at radius 3 is 2.74 bits per heavy atom. The molecule has 34 heavy (non-hydrogen) atoms. The van der Waals surface area contributed by atoms with Gasteiger partial charge in [0.05, 0.1) is 23.1 Å². The molecule has 5 rings (SSSR count). The number of aryl methyl sites for hydroxylation is 1. The van der Waals surface area contributed by atoms with Crippen LogP contribution >= 0.6 is 11.6 Å². The molecule has 6 nitrogen and oxygen atoms in total. The van der Waals surface area contributed by atoms with E-state index in [0.717, 1.165) is 42.9 Å². The minimum Gasteiger partial charge on any atom is -0.444 e. The molecule has 1 saturated heterocycles. The number of likely N-dealkylation sites (tertiary alicyclic amines) is 1. The summed E-state index contributed by atoms with van der Waals surface area (Å²) >= 11 is 5.92. The van der Waals surface area contributed by atoms with E-state index in [1.54, 1.807) is 19.1 Å². The summed E-state index contributed by atoms with van der Waals surface area (Å²) in [6.07, 6.45) is 3.43. The average molecular weight is 479 g/mol. The van der Waals surface area contributed by atoms with Crippen molar-refractivity contribution < 1.29 is 13.9 Å². The molecule has 0 bridgehead atoms. The Morgan fingerprint density at radius 2 is 2.03 bits per heavy atom. The van der Waals surface area contributed by atoms with Crippen LogP contribution in [0.5, 0.6) is 11.5 Å². The summed E-state index contributed by atoms with van der Waals surface area (Å²) < 4.78 is 27.0. The zero-order valence-corrected chi connectivity index (χ0v) is 19.8. The number of nitrogens with zero attached hydrogens (tertiary/aromatic N) is 4. The van der Waals surface area contributed by atoms with Crippen LogP contribution < -0.4 is 9.47 Å². The number of piperidine rings is 1. The van der Waals surface area contributed by atoms with Crippen LogP contribution in [0.25, 0.3) is 0 Å². The fourth-order valence-electron chi connectivity index (χ4n) is 4.77. The Balaban J connectivity index is 1.30. The highest BCUT2D eigenvalue weighted by molar-refractivity contribution is 6.30. The van der Waals surface area contributed by atoms with E-state index in [1.165, 1.54) is 12.3 Å². The molecule has 2 aliphatic rings. The van der Waals surface area contributed by atoms with Gasteiger partial charge in [0.15, 0.2) is 17.2 Å². The van der Waals surface area contributed by atoms with Gasteiger partial charge in [-0.3, -0.25) is 9.88 Å². The maximum atomic E-state index is 14.6. The normalized spacial score (nSPS) is 20.3. The standard InChI is InChI=1S/C26H24ClFN4O2/c1-16-23(30-14-19(13-29)31-16)15-32-10-8-17(9-11-32)20-4-3-5-24-25(20)34-26(2,33-24)21-7-6-18(27)12-22(21)28/h3-7,12,14,17H,8-11,15H2,1-2H3/t26-/m0/s1. The molecule has 0 unspecified atom stereocenters. The summed E-state index contributed by atoms with van der Waals surface area (Å²) in [4.78, 5) is 11.1. The van der Waals surface area contributed by atoms with Crippen molar-refractivity contribution in [1.82, 2.24) is 14.9 Å². The molecule has 174 valence electrons. The molecule has 0 spiro atoms. The Hall–Kier alpha value is -3.21. The highest BCUT2D eigenvalue weighted by atomic mass is 35.5. The first-order valence-corrected chi connectivity index (χ1v) is 11.7. The summed E-state index contributed by atoms with van der Waals surface area (Å²) in [7, 11) is 0. The van der Waals surface area contributed by atoms with Crippen LogP contribution in [0.1, 0.15) is 53.9 Å². The van der Waals surface area contributed by atoms with Crippen LogP contribution in [0.15, 0.2) is 42.6 Å². The van der Waals surface area contributed by atoms with E-state index >= 15 is 0 Å². The van der Waals surface area contributed by atoms with Crippen molar-refractivity contribution in [2.45, 2.75) is 44.9 Å². The maximum Gasteiger partial charge on any atom is 0.278 e. The molecule has 1 aromatic heterocycles. The van der Waals surface area contributed by atoms with Gasteiger partial charge in [0.2, 0.25) is 0 Å². The van der Waals surface area contributed by atoms with Gasteiger partial charge in [0.1, 0.15) is 11.9 Å². The third-order valence-corrected chi connectivity index (χ3v) is 6.83. The molecule has 0 N–H and O–H groups in total. The number of halogens is 2. The minimum absolute atomic E-state index is 0.306. The van der Waals surface area contributed by atoms with E-state index in [0.29, 0.717) is 40.2 Å². The van der Waals surface area contributed by atoms with Gasteiger partial charge in [-0.2, -0.15) is 5.26 Å². The van der Waals surface area contributed by atoms with Gasteiger partial charge in [0, 0.05) is 24.1 Å². The van der Waals surface area contributed by atoms with E-state index in [4.69, 9.17) is 26.3 Å². The predicted molar refractivity (Wildman–Crippen MR) is 125 cm³/mol. The first-order chi connectivity index (χ1) is 16.4. The average Bonchev–Trinajstić information content (AvgIpc) is 3.18. The molecule has 8 heteroatoms. The third kappa shape index (κ3) is 4.20. The first-order valence-electron chi connectivity index (χ1n) is 11.3. The molecule has 1 atom stereocenters. The summed E-state index contributed by atoms with van der Waals surface area (Å²) in [5.41, 5.74) is 3.43. The minimum atomic E-state index is -1.25. The molecule has 0 aliphatic carbocycles. The summed E-state index contributed by atoms with van der Waals surface area (Å²) in [5.74, 6) is -0.0920. The Bertz CT molecular complexity index is 1290. The monoisotopic (exact) mass is 478 g/mol. The molecule has 1 fully saturated rings. The topological polar surface area (TPSA) is 71.3 Å². The van der Waals surface area contributed by atoms with Gasteiger partial charge in [-0.05, 0) is 63.0 Å². The number of para-hydroxylation sites is 1. The van der Waals surface area contributed by atoms with Gasteiger partial charge in [-0.1, -0.05) is 23.7 Å². The lowest BCUT2D eigenvalue weighted by atomic mass is 9.88. The highest BCUT2D eigenvalue weighted by Crippen LogP contribution is 2.49. The van der Waals surface area contributed by atoms with Gasteiger partial charge in [0.25, 0.3) is 5.79 Å². The molecule has 3 heterocycles. The number of rotatable bonds is 4. The van der Waals surface area contributed by atoms with Crippen molar-refractivity contribution in [3.8, 4) is 17.6 Å². The van der Waals surface area contributed by atoms with Crippen molar-refractivity contribution in [2.24, 2.45) is 0 Å². The predicted octanol–water partition coefficient (Wildman–Crippen LogP) is 5.47. The van der Waals surface area contributed by atoms with Crippen LogP contribution in [0.3, 0.4) is 0 Å². The zero-order valence-electron chi connectivity index (χ0n) is 19.0. The van der Waals surface area contributed by atoms with Crippen molar-refractivity contribution in [2.75, 3.05) is 13.1 Å². The van der Waals surface area contributed by atoms with E-state index in [9.17, 15) is 4.39 Å². The zero-order chi connectivity index (χ0) is 23.9. The maximum absolute atomic E-state index is 14.6. The Morgan fingerprint density at radius 1 is 1.24 bits per heavy atom. The number of ether oxygens (including phenoxy) is 2. The van der Waals surface area contributed by atoms with Crippen LogP contribution in [0.4, 0.5) is 4.39 Å². The van der Waals surface area contributed by atoms with Crippen molar-refractivity contribution in [3.05, 3.63) is 81.6 Å². The van der Waals surface area contributed by atoms with Crippen LogP contribution in [0.2, 0.25) is 5.02 Å². The van der Waals surface area contributed by atoms with Crippen molar-refractivity contribution in [3.63, 3.8) is 0 Å². The number of aromatic nitrogens is 2. The molecule has 2 aromatic carbocycles. The summed E-state index contributed by atoms with van der Waals surface area (Å²) in [6.45, 7) is 6.13. The molecule has 3 aromatic rings. The highest BCUT2D eigenvalue weighted by Gasteiger charge is 2.42. The van der Waals surface area contributed by atoms with Crippen LogP contribution in [0, 0.1) is 24.1 Å². The molecule has 0 saturated carbocycles. The van der Waals surface area contributed by atoms with Crippen LogP contribution in [-0.4, -0.2) is 28.0 Å². The quantitative estimate of drug-likeness (QED) is 0.495. The second-order valence-corrected chi connectivity index (χ2v) is 9.33. The van der Waals surface area contributed by atoms with Crippen molar-refractivity contribution in [1.29, 1.82) is 5.26 Å². The largest absolute Gasteiger partial charge is 0.444 e. The number of benzene rings is 2. The molecule has 2 aliphatic heterocycles. The first kappa shape index (κ1) is 22.6. The van der Waals surface area contributed by atoms with Crippen LogP contribution in [-0.2, 0) is 12.3 Å². The van der Waals surface area contributed by atoms with Gasteiger partial charge >= 0.3 is 0 Å². The lowest BCUT2D eigenvalue weighted by molar-refractivity contribution is -0.0712. The number of hydrogen-bond donors (Lipinski definition) is 0. The Labute approximate surface area is 202 Å². The summed E-state index contributed by atoms with van der Waals surface area (Å²) in [5, 5.41) is 9.32. The van der Waals surface area contributed by atoms with Gasteiger partial charge in [-0.15, -0.1) is 0 Å². The smallest absolute Gasteiger partial charge is 0.278 e. The van der Waals surface area contributed by atoms with E-state index in [-0.39, 0.29) is 0 Å². The number of hydrogen-bond acceptors (Lipinski definition) is 6. The van der Waals surface area contributed by atoms with Gasteiger partial charge in [-0.25, -0.2) is 9.37 Å². The van der Waals surface area contributed by atoms with E-state index in [2.05, 4.69) is 20.9 Å². The lowest BCUT2D eigenvalue weighted by Gasteiger charge is -2.32. The SMILES string of the molecule is Cc1nc(C#N)cnc1CN1CCC(c2cccc3c2O[C@@](C)(c2ccc(Cl)cc2F)O3)CC1. The number of fused-ring (bicyclic) bond motifs is 1. The fourth-order valence-corrected chi connectivity index (χ4v) is 4.93. The summed E-state index contributed by atoms with van der Waals surface area (Å²) in [6, 6.07) is 12.4. The lowest BCUT2D eigenvalue weighted by Crippen LogP contribution is -2.34. The second kappa shape index (κ2) is 8.86.